The molecule has 0 saturated carbocycles. The van der Waals surface area contributed by atoms with Crippen molar-refractivity contribution in [1.82, 2.24) is 5.32 Å². The van der Waals surface area contributed by atoms with Crippen LogP contribution in [0.1, 0.15) is 48.4 Å². The third kappa shape index (κ3) is 6.25. The van der Waals surface area contributed by atoms with E-state index in [1.165, 1.54) is 13.1 Å². The summed E-state index contributed by atoms with van der Waals surface area (Å²) in [6, 6.07) is 7.15. The van der Waals surface area contributed by atoms with Crippen molar-refractivity contribution >= 4 is 17.6 Å². The molecule has 190 valence electrons. The van der Waals surface area contributed by atoms with Gasteiger partial charge < -0.3 is 24.8 Å². The van der Waals surface area contributed by atoms with Crippen molar-refractivity contribution in [2.45, 2.75) is 58.5 Å². The number of anilines is 1. The number of fused-ring (bicyclic) bond motifs is 1. The number of halogens is 3. The lowest BCUT2D eigenvalue weighted by Gasteiger charge is -2.21. The number of alkyl halides is 3. The Bertz CT molecular complexity index is 1100. The van der Waals surface area contributed by atoms with Gasteiger partial charge in [0.2, 0.25) is 5.91 Å². The molecular weight excluding hydrogens is 465 g/mol. The highest BCUT2D eigenvalue weighted by atomic mass is 19.4. The number of rotatable bonds is 9. The molecule has 0 spiro atoms. The van der Waals surface area contributed by atoms with Gasteiger partial charge in [-0.25, -0.2) is 0 Å². The van der Waals surface area contributed by atoms with Crippen LogP contribution in [-0.4, -0.2) is 43.0 Å². The van der Waals surface area contributed by atoms with Gasteiger partial charge >= 0.3 is 12.3 Å². The highest BCUT2D eigenvalue weighted by Crippen LogP contribution is 2.37. The van der Waals surface area contributed by atoms with Crippen LogP contribution in [0.15, 0.2) is 30.3 Å². The standard InChI is InChI=1S/C25H29F3N2O5/c1-14(2)17-6-5-16(11-22(17)35-25(26,27)28)13-34-21-8-7-20-18(15(21)3)9-10-30(20)23(31)12-19(29-4)24(32)33/h5-8,11,14,19,29H,9-10,12-13H2,1-4H3,(H,32,33). The normalized spacial score (nSPS) is 14.1. The minimum atomic E-state index is -4.79. The second-order valence-corrected chi connectivity index (χ2v) is 8.73. The van der Waals surface area contributed by atoms with Crippen molar-refractivity contribution in [2.75, 3.05) is 18.5 Å². The van der Waals surface area contributed by atoms with Crippen molar-refractivity contribution in [3.8, 4) is 11.5 Å². The van der Waals surface area contributed by atoms with Crippen LogP contribution in [0.3, 0.4) is 0 Å². The Morgan fingerprint density at radius 1 is 1.17 bits per heavy atom. The summed E-state index contributed by atoms with van der Waals surface area (Å²) >= 11 is 0. The van der Waals surface area contributed by atoms with Crippen LogP contribution >= 0.6 is 0 Å². The molecule has 0 saturated heterocycles. The number of benzene rings is 2. The lowest BCUT2D eigenvalue weighted by atomic mass is 10.0. The first-order valence-corrected chi connectivity index (χ1v) is 11.3. The zero-order valence-electron chi connectivity index (χ0n) is 20.0. The molecule has 1 amide bonds. The maximum Gasteiger partial charge on any atom is 0.573 e. The van der Waals surface area contributed by atoms with Gasteiger partial charge in [-0.1, -0.05) is 26.0 Å². The Kier molecular flexibility index (Phi) is 7.94. The van der Waals surface area contributed by atoms with Gasteiger partial charge in [0.15, 0.2) is 0 Å². The number of ether oxygens (including phenoxy) is 2. The SMILES string of the molecule is CNC(CC(=O)N1CCc2c1ccc(OCc1ccc(C(C)C)c(OC(F)(F)F)c1)c2C)C(=O)O. The number of nitrogens with one attached hydrogen (secondary N) is 1. The van der Waals surface area contributed by atoms with Gasteiger partial charge in [0.25, 0.3) is 0 Å². The molecule has 35 heavy (non-hydrogen) atoms. The van der Waals surface area contributed by atoms with E-state index in [1.807, 2.05) is 6.92 Å². The van der Waals surface area contributed by atoms with Crippen LogP contribution in [0.4, 0.5) is 18.9 Å². The summed E-state index contributed by atoms with van der Waals surface area (Å²) in [5, 5.41) is 11.8. The quantitative estimate of drug-likeness (QED) is 0.532. The molecule has 0 radical (unpaired) electrons. The van der Waals surface area contributed by atoms with Crippen molar-refractivity contribution in [3.05, 3.63) is 52.6 Å². The first kappa shape index (κ1) is 26.3. The molecule has 1 aliphatic heterocycles. The van der Waals surface area contributed by atoms with E-state index in [4.69, 9.17) is 4.74 Å². The van der Waals surface area contributed by atoms with Gasteiger partial charge in [-0.3, -0.25) is 9.59 Å². The first-order valence-electron chi connectivity index (χ1n) is 11.3. The summed E-state index contributed by atoms with van der Waals surface area (Å²) in [5.74, 6) is -1.21. The molecule has 0 fully saturated rings. The van der Waals surface area contributed by atoms with Crippen LogP contribution in [0.25, 0.3) is 0 Å². The fourth-order valence-electron chi connectivity index (χ4n) is 4.17. The average Bonchev–Trinajstić information content (AvgIpc) is 3.20. The molecule has 2 N–H and O–H groups in total. The summed E-state index contributed by atoms with van der Waals surface area (Å²) in [5.41, 5.74) is 3.43. The highest BCUT2D eigenvalue weighted by molar-refractivity contribution is 5.98. The third-order valence-corrected chi connectivity index (χ3v) is 6.05. The predicted molar refractivity (Wildman–Crippen MR) is 124 cm³/mol. The lowest BCUT2D eigenvalue weighted by Crippen LogP contribution is -2.40. The average molecular weight is 495 g/mol. The number of carbonyl (C=O) groups excluding carboxylic acids is 1. The van der Waals surface area contributed by atoms with Crippen molar-refractivity contribution in [1.29, 1.82) is 0 Å². The number of nitrogens with zero attached hydrogens (tertiary/aromatic N) is 1. The van der Waals surface area contributed by atoms with E-state index < -0.39 is 18.4 Å². The first-order chi connectivity index (χ1) is 16.4. The molecular formula is C25H29F3N2O5. The van der Waals surface area contributed by atoms with E-state index >= 15 is 0 Å². The van der Waals surface area contributed by atoms with Gasteiger partial charge in [0, 0.05) is 12.2 Å². The number of aliphatic carboxylic acids is 1. The number of hydrogen-bond donors (Lipinski definition) is 2. The van der Waals surface area contributed by atoms with Gasteiger partial charge in [-0.2, -0.15) is 0 Å². The Balaban J connectivity index is 1.75. The number of carboxylic acid groups (broad SMARTS) is 1. The fraction of sp³-hybridized carbons (Fsp3) is 0.440. The summed E-state index contributed by atoms with van der Waals surface area (Å²) < 4.78 is 48.7. The van der Waals surface area contributed by atoms with E-state index in [0.717, 1.165) is 11.1 Å². The van der Waals surface area contributed by atoms with E-state index in [9.17, 15) is 27.9 Å². The van der Waals surface area contributed by atoms with Crippen molar-refractivity contribution < 1.29 is 37.3 Å². The minimum Gasteiger partial charge on any atom is -0.489 e. The largest absolute Gasteiger partial charge is 0.573 e. The zero-order valence-corrected chi connectivity index (χ0v) is 20.0. The van der Waals surface area contributed by atoms with Crippen LogP contribution < -0.4 is 19.7 Å². The molecule has 7 nitrogen and oxygen atoms in total. The molecule has 1 heterocycles. The molecule has 10 heteroatoms. The molecule has 1 atom stereocenters. The Morgan fingerprint density at radius 3 is 2.49 bits per heavy atom. The van der Waals surface area contributed by atoms with E-state index in [0.29, 0.717) is 35.5 Å². The van der Waals surface area contributed by atoms with Crippen LogP contribution in [0, 0.1) is 6.92 Å². The maximum atomic E-state index is 12.9. The van der Waals surface area contributed by atoms with Crippen molar-refractivity contribution in [2.24, 2.45) is 0 Å². The Labute approximate surface area is 201 Å². The molecule has 1 aliphatic rings. The summed E-state index contributed by atoms with van der Waals surface area (Å²) in [6.45, 7) is 5.91. The number of hydrogen-bond acceptors (Lipinski definition) is 5. The fourth-order valence-corrected chi connectivity index (χ4v) is 4.17. The molecule has 2 aromatic carbocycles. The van der Waals surface area contributed by atoms with E-state index in [1.54, 1.807) is 43.0 Å². The maximum absolute atomic E-state index is 12.9. The van der Waals surface area contributed by atoms with Crippen LogP contribution in [0.5, 0.6) is 11.5 Å². The minimum absolute atomic E-state index is 0.0390. The number of carboxylic acids is 1. The summed E-state index contributed by atoms with van der Waals surface area (Å²) in [4.78, 5) is 25.5. The van der Waals surface area contributed by atoms with E-state index in [-0.39, 0.29) is 30.6 Å². The predicted octanol–water partition coefficient (Wildman–Crippen LogP) is 4.55. The van der Waals surface area contributed by atoms with Crippen LogP contribution in [0.2, 0.25) is 0 Å². The smallest absolute Gasteiger partial charge is 0.489 e. The molecule has 0 aliphatic carbocycles. The second-order valence-electron chi connectivity index (χ2n) is 8.73. The monoisotopic (exact) mass is 494 g/mol. The number of amides is 1. The molecule has 1 unspecified atom stereocenters. The molecule has 3 rings (SSSR count). The third-order valence-electron chi connectivity index (χ3n) is 6.05. The van der Waals surface area contributed by atoms with Gasteiger partial charge in [-0.15, -0.1) is 13.2 Å². The highest BCUT2D eigenvalue weighted by Gasteiger charge is 2.33. The van der Waals surface area contributed by atoms with Gasteiger partial charge in [0.1, 0.15) is 24.1 Å². The zero-order chi connectivity index (χ0) is 25.9. The van der Waals surface area contributed by atoms with Gasteiger partial charge in [-0.05, 0) is 66.8 Å². The Morgan fingerprint density at radius 2 is 1.89 bits per heavy atom. The Hall–Kier alpha value is -3.27. The molecule has 2 aromatic rings. The van der Waals surface area contributed by atoms with Gasteiger partial charge in [0.05, 0.1) is 6.42 Å². The number of likely N-dealkylation sites (N-methyl/N-ethyl adjacent to an activating group) is 1. The second kappa shape index (κ2) is 10.6. The summed E-state index contributed by atoms with van der Waals surface area (Å²) in [6.07, 6.45) is -4.37. The van der Waals surface area contributed by atoms with E-state index in [2.05, 4.69) is 10.1 Å². The van der Waals surface area contributed by atoms with Crippen LogP contribution in [-0.2, 0) is 22.6 Å². The molecule has 0 aromatic heterocycles. The topological polar surface area (TPSA) is 88.1 Å². The lowest BCUT2D eigenvalue weighted by molar-refractivity contribution is -0.275. The molecule has 0 bridgehead atoms. The number of carbonyl (C=O) groups is 2. The van der Waals surface area contributed by atoms with Crippen molar-refractivity contribution in [3.63, 3.8) is 0 Å². The summed E-state index contributed by atoms with van der Waals surface area (Å²) in [7, 11) is 1.49.